The molecule has 2 aliphatic rings. The number of nitrogens with zero attached hydrogens (tertiary/aromatic N) is 2. The number of hydrogen-bond acceptors (Lipinski definition) is 6. The second-order valence-corrected chi connectivity index (χ2v) is 8.93. The third kappa shape index (κ3) is 4.16. The second-order valence-electron chi connectivity index (χ2n) is 7.61. The Labute approximate surface area is 148 Å². The van der Waals surface area contributed by atoms with E-state index in [-0.39, 0.29) is 30.7 Å². The van der Waals surface area contributed by atoms with E-state index in [2.05, 4.69) is 13.0 Å². The highest BCUT2D eigenvalue weighted by Gasteiger charge is 2.59. The first-order valence-corrected chi connectivity index (χ1v) is 9.56. The number of fused-ring (bicyclic) bond motifs is 1. The topological polar surface area (TPSA) is 71.8 Å². The lowest BCUT2D eigenvalue weighted by molar-refractivity contribution is -0.165. The number of amides is 1. The van der Waals surface area contributed by atoms with Gasteiger partial charge >= 0.3 is 6.09 Å². The van der Waals surface area contributed by atoms with Crippen LogP contribution in [-0.4, -0.2) is 58.2 Å². The van der Waals surface area contributed by atoms with E-state index in [1.165, 1.54) is 0 Å². The summed E-state index contributed by atoms with van der Waals surface area (Å²) in [6.07, 6.45) is -0.726. The Morgan fingerprint density at radius 3 is 2.38 bits per heavy atom. The van der Waals surface area contributed by atoms with Gasteiger partial charge in [0.2, 0.25) is 0 Å². The maximum Gasteiger partial charge on any atom is 0.411 e. The molecule has 0 aromatic carbocycles. The van der Waals surface area contributed by atoms with Crippen molar-refractivity contribution in [3.63, 3.8) is 0 Å². The zero-order valence-corrected chi connectivity index (χ0v) is 16.2. The number of nitriles is 1. The lowest BCUT2D eigenvalue weighted by Gasteiger charge is -2.34. The Bertz CT molecular complexity index is 512. The van der Waals surface area contributed by atoms with Crippen LogP contribution in [0.15, 0.2) is 0 Å². The molecule has 1 amide bonds. The van der Waals surface area contributed by atoms with Crippen molar-refractivity contribution in [1.82, 2.24) is 4.90 Å². The molecule has 0 aromatic rings. The SMILES string of the molecule is CCSC[C@@H]1[C@H]2OC(C)(C)O[C@H]2[C@H](CC#N)N1C(=O)OC(C)(C)C. The number of hydrogen-bond donors (Lipinski definition) is 0. The van der Waals surface area contributed by atoms with Crippen molar-refractivity contribution >= 4 is 17.9 Å². The highest BCUT2D eigenvalue weighted by atomic mass is 32.2. The summed E-state index contributed by atoms with van der Waals surface area (Å²) in [7, 11) is 0. The number of rotatable bonds is 4. The van der Waals surface area contributed by atoms with Crippen molar-refractivity contribution in [1.29, 1.82) is 5.26 Å². The Balaban J connectivity index is 2.30. The second kappa shape index (κ2) is 7.11. The van der Waals surface area contributed by atoms with Crippen molar-refractivity contribution < 1.29 is 19.0 Å². The average Bonchev–Trinajstić information content (AvgIpc) is 2.87. The minimum atomic E-state index is -0.696. The molecule has 2 fully saturated rings. The van der Waals surface area contributed by atoms with Gasteiger partial charge in [-0.1, -0.05) is 6.92 Å². The molecule has 2 rings (SSSR count). The van der Waals surface area contributed by atoms with Crippen molar-refractivity contribution in [3.8, 4) is 6.07 Å². The van der Waals surface area contributed by atoms with Crippen molar-refractivity contribution in [3.05, 3.63) is 0 Å². The molecular weight excluding hydrogens is 328 g/mol. The summed E-state index contributed by atoms with van der Waals surface area (Å²) in [5.74, 6) is 0.986. The molecule has 0 bridgehead atoms. The zero-order valence-electron chi connectivity index (χ0n) is 15.4. The minimum absolute atomic E-state index is 0.157. The maximum absolute atomic E-state index is 12.8. The van der Waals surface area contributed by atoms with E-state index in [1.54, 1.807) is 16.7 Å². The number of ether oxygens (including phenoxy) is 3. The first-order chi connectivity index (χ1) is 11.1. The van der Waals surface area contributed by atoms with Gasteiger partial charge in [-0.3, -0.25) is 4.90 Å². The van der Waals surface area contributed by atoms with Crippen molar-refractivity contribution in [2.45, 2.75) is 83.6 Å². The largest absolute Gasteiger partial charge is 0.444 e. The summed E-state index contributed by atoms with van der Waals surface area (Å²) in [5.41, 5.74) is -0.588. The molecule has 0 aliphatic carbocycles. The molecule has 7 heteroatoms. The molecule has 2 saturated heterocycles. The van der Waals surface area contributed by atoms with Crippen LogP contribution in [0.4, 0.5) is 4.79 Å². The van der Waals surface area contributed by atoms with E-state index in [1.807, 2.05) is 34.6 Å². The van der Waals surface area contributed by atoms with Crippen LogP contribution in [0.2, 0.25) is 0 Å². The van der Waals surface area contributed by atoms with Gasteiger partial charge in [0.05, 0.1) is 24.6 Å². The Morgan fingerprint density at radius 2 is 1.88 bits per heavy atom. The fraction of sp³-hybridized carbons (Fsp3) is 0.882. The van der Waals surface area contributed by atoms with Crippen LogP contribution in [0.25, 0.3) is 0 Å². The Kier molecular flexibility index (Phi) is 5.73. The third-order valence-corrected chi connectivity index (χ3v) is 5.02. The predicted molar refractivity (Wildman–Crippen MR) is 92.7 cm³/mol. The Morgan fingerprint density at radius 1 is 1.29 bits per heavy atom. The van der Waals surface area contributed by atoms with Gasteiger partial charge in [0.25, 0.3) is 0 Å². The molecule has 0 N–H and O–H groups in total. The monoisotopic (exact) mass is 356 g/mol. The molecule has 24 heavy (non-hydrogen) atoms. The van der Waals surface area contributed by atoms with Crippen molar-refractivity contribution in [2.24, 2.45) is 0 Å². The van der Waals surface area contributed by atoms with Gasteiger partial charge < -0.3 is 14.2 Å². The van der Waals surface area contributed by atoms with E-state index in [9.17, 15) is 10.1 Å². The maximum atomic E-state index is 12.8. The zero-order chi connectivity index (χ0) is 18.1. The molecule has 2 heterocycles. The third-order valence-electron chi connectivity index (χ3n) is 4.03. The molecule has 0 saturated carbocycles. The summed E-state index contributed by atoms with van der Waals surface area (Å²) in [5, 5.41) is 9.24. The van der Waals surface area contributed by atoms with Gasteiger partial charge in [-0.05, 0) is 40.4 Å². The van der Waals surface area contributed by atoms with Gasteiger partial charge in [-0.15, -0.1) is 0 Å². The van der Waals surface area contributed by atoms with Gasteiger partial charge in [-0.25, -0.2) is 4.79 Å². The molecule has 0 radical (unpaired) electrons. The molecule has 0 unspecified atom stereocenters. The van der Waals surface area contributed by atoms with E-state index in [0.29, 0.717) is 0 Å². The van der Waals surface area contributed by atoms with E-state index >= 15 is 0 Å². The predicted octanol–water partition coefficient (Wildman–Crippen LogP) is 3.16. The van der Waals surface area contributed by atoms with E-state index in [0.717, 1.165) is 11.5 Å². The van der Waals surface area contributed by atoms with Crippen LogP contribution in [0.3, 0.4) is 0 Å². The van der Waals surface area contributed by atoms with Crippen LogP contribution in [0.5, 0.6) is 0 Å². The molecule has 0 spiro atoms. The normalized spacial score (nSPS) is 31.6. The average molecular weight is 356 g/mol. The molecule has 2 aliphatic heterocycles. The lowest BCUT2D eigenvalue weighted by atomic mass is 10.1. The molecule has 4 atom stereocenters. The van der Waals surface area contributed by atoms with Crippen LogP contribution in [-0.2, 0) is 14.2 Å². The quantitative estimate of drug-likeness (QED) is 0.770. The minimum Gasteiger partial charge on any atom is -0.444 e. The number of likely N-dealkylation sites (tertiary alicyclic amines) is 1. The molecule has 0 aromatic heterocycles. The first kappa shape index (κ1) is 19.4. The Hall–Kier alpha value is -0.970. The summed E-state index contributed by atoms with van der Waals surface area (Å²) in [6.45, 7) is 11.3. The lowest BCUT2D eigenvalue weighted by Crippen LogP contribution is -2.49. The molecule has 136 valence electrons. The van der Waals surface area contributed by atoms with Crippen LogP contribution < -0.4 is 0 Å². The highest BCUT2D eigenvalue weighted by molar-refractivity contribution is 7.99. The first-order valence-electron chi connectivity index (χ1n) is 8.41. The van der Waals surface area contributed by atoms with Gasteiger partial charge in [0.15, 0.2) is 5.79 Å². The summed E-state index contributed by atoms with van der Waals surface area (Å²) in [6, 6.07) is 1.68. The fourth-order valence-electron chi connectivity index (χ4n) is 3.28. The van der Waals surface area contributed by atoms with Crippen molar-refractivity contribution in [2.75, 3.05) is 11.5 Å². The van der Waals surface area contributed by atoms with Crippen LogP contribution in [0, 0.1) is 11.3 Å². The standard InChI is InChI=1S/C17H28N2O4S/c1-7-24-10-12-14-13(21-17(5,6)22-14)11(8-9-18)19(12)15(20)23-16(2,3)4/h11-14H,7-8,10H2,1-6H3/t11-,12+,13-,14+/m0/s1. The van der Waals surface area contributed by atoms with Crippen LogP contribution in [0.1, 0.15) is 48.0 Å². The summed E-state index contributed by atoms with van der Waals surface area (Å²) >= 11 is 1.75. The number of carbonyl (C=O) groups excluding carboxylic acids is 1. The number of carbonyl (C=O) groups is 1. The molecular formula is C17H28N2O4S. The number of thioether (sulfide) groups is 1. The smallest absolute Gasteiger partial charge is 0.411 e. The van der Waals surface area contributed by atoms with Crippen LogP contribution >= 0.6 is 11.8 Å². The highest BCUT2D eigenvalue weighted by Crippen LogP contribution is 2.42. The van der Waals surface area contributed by atoms with E-state index < -0.39 is 17.5 Å². The van der Waals surface area contributed by atoms with Gasteiger partial charge in [-0.2, -0.15) is 17.0 Å². The summed E-state index contributed by atoms with van der Waals surface area (Å²) in [4.78, 5) is 14.5. The van der Waals surface area contributed by atoms with Gasteiger partial charge in [0, 0.05) is 5.75 Å². The van der Waals surface area contributed by atoms with E-state index in [4.69, 9.17) is 14.2 Å². The molecule has 6 nitrogen and oxygen atoms in total. The summed E-state index contributed by atoms with van der Waals surface area (Å²) < 4.78 is 17.7. The van der Waals surface area contributed by atoms with Gasteiger partial charge in [0.1, 0.15) is 17.8 Å². The fourth-order valence-corrected chi connectivity index (χ4v) is 4.11.